The fraction of sp³-hybridized carbons (Fsp3) is 0.625. The summed E-state index contributed by atoms with van der Waals surface area (Å²) >= 11 is 3.19. The van der Waals surface area contributed by atoms with E-state index >= 15 is 0 Å². The van der Waals surface area contributed by atoms with Crippen LogP contribution in [0.4, 0.5) is 0 Å². The molecule has 8 heteroatoms. The molecule has 0 fully saturated rings. The first kappa shape index (κ1) is 19.4. The lowest BCUT2D eigenvalue weighted by Gasteiger charge is -2.07. The first-order valence-corrected chi connectivity index (χ1v) is 10.2. The third-order valence-corrected chi connectivity index (χ3v) is 5.83. The van der Waals surface area contributed by atoms with Gasteiger partial charge < -0.3 is 22.9 Å². The highest BCUT2D eigenvalue weighted by molar-refractivity contribution is 7.10. The van der Waals surface area contributed by atoms with Crippen LogP contribution in [0.15, 0.2) is 10.8 Å². The van der Waals surface area contributed by atoms with Crippen LogP contribution in [0.2, 0.25) is 0 Å². The van der Waals surface area contributed by atoms with Crippen LogP contribution < -0.4 is 22.9 Å². The van der Waals surface area contributed by atoms with E-state index in [4.69, 9.17) is 22.9 Å². The molecule has 2 heterocycles. The quantitative estimate of drug-likeness (QED) is 0.451. The lowest BCUT2D eigenvalue weighted by atomic mass is 10.1. The monoisotopic (exact) mass is 368 g/mol. The van der Waals surface area contributed by atoms with Crippen molar-refractivity contribution in [3.05, 3.63) is 20.8 Å². The lowest BCUT2D eigenvalue weighted by molar-refractivity contribution is 0.587. The van der Waals surface area contributed by atoms with Crippen molar-refractivity contribution in [2.45, 2.75) is 50.6 Å². The fourth-order valence-electron chi connectivity index (χ4n) is 2.42. The Bertz CT molecular complexity index is 545. The lowest BCUT2D eigenvalue weighted by Crippen LogP contribution is -2.11. The van der Waals surface area contributed by atoms with Gasteiger partial charge in [0.1, 0.15) is 21.4 Å². The number of hydrogen-bond acceptors (Lipinski definition) is 8. The molecule has 6 nitrogen and oxygen atoms in total. The number of rotatable bonds is 11. The Balaban J connectivity index is 1.95. The van der Waals surface area contributed by atoms with Gasteiger partial charge in [0.25, 0.3) is 0 Å². The van der Waals surface area contributed by atoms with Crippen LogP contribution in [-0.4, -0.2) is 23.1 Å². The average Bonchev–Trinajstić information content (AvgIpc) is 3.24. The number of thiazole rings is 2. The van der Waals surface area contributed by atoms with Crippen LogP contribution >= 0.6 is 22.7 Å². The van der Waals surface area contributed by atoms with Crippen LogP contribution in [0.25, 0.3) is 11.4 Å². The molecule has 8 N–H and O–H groups in total. The molecule has 0 amide bonds. The zero-order chi connectivity index (χ0) is 17.4. The van der Waals surface area contributed by atoms with Crippen molar-refractivity contribution in [3.8, 4) is 11.4 Å². The van der Waals surface area contributed by atoms with Crippen molar-refractivity contribution in [1.82, 2.24) is 9.97 Å². The highest BCUT2D eigenvalue weighted by atomic mass is 32.1. The summed E-state index contributed by atoms with van der Waals surface area (Å²) in [5, 5.41) is 5.97. The van der Waals surface area contributed by atoms with Gasteiger partial charge in [0.05, 0.1) is 12.1 Å². The summed E-state index contributed by atoms with van der Waals surface area (Å²) < 4.78 is 0. The van der Waals surface area contributed by atoms with E-state index < -0.39 is 0 Å². The summed E-state index contributed by atoms with van der Waals surface area (Å²) in [6, 6.07) is -0.0427. The van der Waals surface area contributed by atoms with Gasteiger partial charge >= 0.3 is 0 Å². The molecule has 134 valence electrons. The normalized spacial score (nSPS) is 14.0. The van der Waals surface area contributed by atoms with Crippen molar-refractivity contribution in [2.75, 3.05) is 13.1 Å². The predicted octanol–water partition coefficient (Wildman–Crippen LogP) is 2.52. The number of nitrogens with zero attached hydrogens (tertiary/aromatic N) is 2. The Morgan fingerprint density at radius 2 is 1.17 bits per heavy atom. The second-order valence-corrected chi connectivity index (χ2v) is 7.70. The largest absolute Gasteiger partial charge is 0.330 e. The van der Waals surface area contributed by atoms with E-state index in [-0.39, 0.29) is 12.1 Å². The highest BCUT2D eigenvalue weighted by Gasteiger charge is 2.16. The van der Waals surface area contributed by atoms with Crippen molar-refractivity contribution < 1.29 is 0 Å². The van der Waals surface area contributed by atoms with Gasteiger partial charge in [-0.3, -0.25) is 0 Å². The van der Waals surface area contributed by atoms with Crippen molar-refractivity contribution in [1.29, 1.82) is 0 Å². The van der Waals surface area contributed by atoms with Gasteiger partial charge in [-0.1, -0.05) is 12.8 Å². The minimum absolute atomic E-state index is 0.0214. The predicted molar refractivity (Wildman–Crippen MR) is 103 cm³/mol. The maximum absolute atomic E-state index is 6.21. The van der Waals surface area contributed by atoms with Crippen molar-refractivity contribution >= 4 is 22.7 Å². The van der Waals surface area contributed by atoms with Gasteiger partial charge in [-0.2, -0.15) is 0 Å². The van der Waals surface area contributed by atoms with E-state index in [2.05, 4.69) is 9.97 Å². The molecule has 2 atom stereocenters. The summed E-state index contributed by atoms with van der Waals surface area (Å²) in [6.07, 6.45) is 5.90. The van der Waals surface area contributed by atoms with E-state index in [1.165, 1.54) is 0 Å². The van der Waals surface area contributed by atoms with Gasteiger partial charge in [0.15, 0.2) is 0 Å². The summed E-state index contributed by atoms with van der Waals surface area (Å²) in [4.78, 5) is 9.31. The molecule has 2 aromatic rings. The summed E-state index contributed by atoms with van der Waals surface area (Å²) in [5.41, 5.74) is 25.2. The standard InChI is InChI=1S/C16H28N6S2/c17-7-3-1-5-11(19)15-21-13(9-23-15)14-10-24-16(22-14)12(20)6-2-4-8-18/h9-12H,1-8,17-20H2. The topological polar surface area (TPSA) is 130 Å². The Morgan fingerprint density at radius 1 is 0.750 bits per heavy atom. The van der Waals surface area contributed by atoms with E-state index in [1.54, 1.807) is 22.7 Å². The van der Waals surface area contributed by atoms with Crippen molar-refractivity contribution in [3.63, 3.8) is 0 Å². The molecule has 0 spiro atoms. The maximum atomic E-state index is 6.21. The zero-order valence-corrected chi connectivity index (χ0v) is 15.6. The van der Waals surface area contributed by atoms with Crippen molar-refractivity contribution in [2.24, 2.45) is 22.9 Å². The number of unbranched alkanes of at least 4 members (excludes halogenated alkanes) is 2. The maximum Gasteiger partial charge on any atom is 0.110 e. The molecule has 0 aliphatic heterocycles. The SMILES string of the molecule is NCCCCC(N)c1nc(-c2csc(C(N)CCCCN)n2)cs1. The molecule has 24 heavy (non-hydrogen) atoms. The second kappa shape index (κ2) is 10.2. The molecule has 0 aliphatic carbocycles. The zero-order valence-electron chi connectivity index (χ0n) is 14.0. The van der Waals surface area contributed by atoms with E-state index in [0.717, 1.165) is 59.9 Å². The molecule has 0 saturated carbocycles. The van der Waals surface area contributed by atoms with Crippen LogP contribution in [-0.2, 0) is 0 Å². The Kier molecular flexibility index (Phi) is 8.23. The van der Waals surface area contributed by atoms with Gasteiger partial charge in [-0.15, -0.1) is 22.7 Å². The number of nitrogens with two attached hydrogens (primary N) is 4. The van der Waals surface area contributed by atoms with Gasteiger partial charge in [0.2, 0.25) is 0 Å². The molecule has 0 aliphatic rings. The van der Waals surface area contributed by atoms with E-state index in [1.807, 2.05) is 10.8 Å². The van der Waals surface area contributed by atoms with Gasteiger partial charge in [0, 0.05) is 10.8 Å². The number of aromatic nitrogens is 2. The average molecular weight is 369 g/mol. The van der Waals surface area contributed by atoms with Gasteiger partial charge in [-0.25, -0.2) is 9.97 Å². The first-order chi connectivity index (χ1) is 11.7. The molecular weight excluding hydrogens is 340 g/mol. The second-order valence-electron chi connectivity index (χ2n) is 5.92. The highest BCUT2D eigenvalue weighted by Crippen LogP contribution is 2.29. The molecule has 2 rings (SSSR count). The molecule has 0 aromatic carbocycles. The molecule has 0 bridgehead atoms. The van der Waals surface area contributed by atoms with Crippen LogP contribution in [0, 0.1) is 0 Å². The third kappa shape index (κ3) is 5.58. The smallest absolute Gasteiger partial charge is 0.110 e. The summed E-state index contributed by atoms with van der Waals surface area (Å²) in [7, 11) is 0. The Morgan fingerprint density at radius 3 is 1.54 bits per heavy atom. The van der Waals surface area contributed by atoms with E-state index in [9.17, 15) is 0 Å². The van der Waals surface area contributed by atoms with Crippen LogP contribution in [0.3, 0.4) is 0 Å². The Hall–Kier alpha value is -0.900. The third-order valence-electron chi connectivity index (χ3n) is 3.88. The van der Waals surface area contributed by atoms with Crippen LogP contribution in [0.5, 0.6) is 0 Å². The fourth-order valence-corrected chi connectivity index (χ4v) is 4.11. The summed E-state index contributed by atoms with van der Waals surface area (Å²) in [6.45, 7) is 1.42. The van der Waals surface area contributed by atoms with E-state index in [0.29, 0.717) is 13.1 Å². The van der Waals surface area contributed by atoms with Gasteiger partial charge in [-0.05, 0) is 38.8 Å². The van der Waals surface area contributed by atoms with Crippen LogP contribution in [0.1, 0.15) is 60.6 Å². The minimum atomic E-state index is -0.0214. The molecular formula is C16H28N6S2. The molecule has 0 radical (unpaired) electrons. The summed E-state index contributed by atoms with van der Waals surface area (Å²) in [5.74, 6) is 0. The molecule has 2 aromatic heterocycles. The molecule has 0 saturated heterocycles. The Labute approximate surface area is 151 Å². The number of hydrogen-bond donors (Lipinski definition) is 4. The molecule has 2 unspecified atom stereocenters. The first-order valence-electron chi connectivity index (χ1n) is 8.48. The minimum Gasteiger partial charge on any atom is -0.330 e.